The van der Waals surface area contributed by atoms with E-state index in [2.05, 4.69) is 61.7 Å². The molecule has 0 heterocycles. The number of nitrogens with zero attached hydrogens (tertiary/aromatic N) is 1. The molecule has 0 saturated carbocycles. The number of nitrogens with one attached hydrogen (secondary N) is 2. The lowest BCUT2D eigenvalue weighted by molar-refractivity contribution is 0.400. The van der Waals surface area contributed by atoms with Crippen molar-refractivity contribution in [2.75, 3.05) is 33.7 Å². The molecule has 1 rings (SSSR count). The van der Waals surface area contributed by atoms with Crippen LogP contribution in [0.1, 0.15) is 29.5 Å². The molecule has 0 amide bonds. The largest absolute Gasteiger partial charge is 0.363 e. The molecular formula is C17H29N3S. The minimum absolute atomic E-state index is 0.773. The van der Waals surface area contributed by atoms with Gasteiger partial charge in [0.2, 0.25) is 0 Å². The van der Waals surface area contributed by atoms with Crippen LogP contribution in [0.25, 0.3) is 0 Å². The van der Waals surface area contributed by atoms with Crippen molar-refractivity contribution in [1.82, 2.24) is 15.5 Å². The SMILES string of the molecule is Cc1ccc(CCCNC(=S)NCCCN(C)C)c(C)c1. The monoisotopic (exact) mass is 307 g/mol. The summed E-state index contributed by atoms with van der Waals surface area (Å²) in [6, 6.07) is 6.68. The summed E-state index contributed by atoms with van der Waals surface area (Å²) in [6.45, 7) is 7.27. The minimum atomic E-state index is 0.773. The van der Waals surface area contributed by atoms with Crippen LogP contribution in [0.4, 0.5) is 0 Å². The number of rotatable bonds is 8. The van der Waals surface area contributed by atoms with E-state index >= 15 is 0 Å². The Bertz CT molecular complexity index is 444. The molecule has 21 heavy (non-hydrogen) atoms. The van der Waals surface area contributed by atoms with Gasteiger partial charge in [0.1, 0.15) is 0 Å². The second-order valence-corrected chi connectivity index (χ2v) is 6.28. The van der Waals surface area contributed by atoms with Crippen LogP contribution in [0.2, 0.25) is 0 Å². The Kier molecular flexibility index (Phi) is 8.31. The van der Waals surface area contributed by atoms with Gasteiger partial charge in [-0.15, -0.1) is 0 Å². The zero-order valence-corrected chi connectivity index (χ0v) is 14.6. The van der Waals surface area contributed by atoms with E-state index in [-0.39, 0.29) is 0 Å². The smallest absolute Gasteiger partial charge is 0.166 e. The van der Waals surface area contributed by atoms with Crippen molar-refractivity contribution in [3.8, 4) is 0 Å². The molecule has 3 nitrogen and oxygen atoms in total. The van der Waals surface area contributed by atoms with Crippen molar-refractivity contribution in [1.29, 1.82) is 0 Å². The van der Waals surface area contributed by atoms with Gasteiger partial charge < -0.3 is 15.5 Å². The van der Waals surface area contributed by atoms with E-state index in [4.69, 9.17) is 12.2 Å². The molecular weight excluding hydrogens is 278 g/mol. The first-order chi connectivity index (χ1) is 9.99. The third-order valence-electron chi connectivity index (χ3n) is 3.47. The molecule has 0 spiro atoms. The van der Waals surface area contributed by atoms with E-state index in [9.17, 15) is 0 Å². The van der Waals surface area contributed by atoms with Crippen molar-refractivity contribution in [2.24, 2.45) is 0 Å². The van der Waals surface area contributed by atoms with E-state index in [0.29, 0.717) is 0 Å². The van der Waals surface area contributed by atoms with Crippen LogP contribution >= 0.6 is 12.2 Å². The summed E-state index contributed by atoms with van der Waals surface area (Å²) < 4.78 is 0. The maximum Gasteiger partial charge on any atom is 0.166 e. The Morgan fingerprint density at radius 1 is 1.10 bits per heavy atom. The van der Waals surface area contributed by atoms with Gasteiger partial charge in [-0.3, -0.25) is 0 Å². The second-order valence-electron chi connectivity index (χ2n) is 5.87. The standard InChI is InChI=1S/C17H29N3S/c1-14-8-9-16(15(2)13-14)7-5-10-18-17(21)19-11-6-12-20(3)4/h8-9,13H,5-7,10-12H2,1-4H3,(H2,18,19,21). The fourth-order valence-electron chi connectivity index (χ4n) is 2.27. The molecule has 4 heteroatoms. The van der Waals surface area contributed by atoms with Crippen LogP contribution in [0, 0.1) is 13.8 Å². The molecule has 0 atom stereocenters. The molecule has 0 aliphatic carbocycles. The Labute approximate surface area is 135 Å². The average Bonchev–Trinajstić information content (AvgIpc) is 2.41. The summed E-state index contributed by atoms with van der Waals surface area (Å²) in [5.74, 6) is 0. The molecule has 0 aromatic heterocycles. The predicted molar refractivity (Wildman–Crippen MR) is 96.0 cm³/mol. The Hall–Kier alpha value is -1.13. The fraction of sp³-hybridized carbons (Fsp3) is 0.588. The highest BCUT2D eigenvalue weighted by atomic mass is 32.1. The molecule has 0 fully saturated rings. The molecule has 0 bridgehead atoms. The van der Waals surface area contributed by atoms with E-state index in [1.807, 2.05) is 0 Å². The van der Waals surface area contributed by atoms with Gasteiger partial charge >= 0.3 is 0 Å². The predicted octanol–water partition coefficient (Wildman–Crippen LogP) is 2.65. The third kappa shape index (κ3) is 8.02. The van der Waals surface area contributed by atoms with Crippen molar-refractivity contribution >= 4 is 17.3 Å². The maximum absolute atomic E-state index is 5.27. The summed E-state index contributed by atoms with van der Waals surface area (Å²) in [5.41, 5.74) is 4.16. The van der Waals surface area contributed by atoms with E-state index in [1.54, 1.807) is 0 Å². The van der Waals surface area contributed by atoms with Crippen molar-refractivity contribution in [3.05, 3.63) is 34.9 Å². The molecule has 1 aromatic carbocycles. The summed E-state index contributed by atoms with van der Waals surface area (Å²) >= 11 is 5.27. The van der Waals surface area contributed by atoms with Crippen LogP contribution in [-0.2, 0) is 6.42 Å². The lowest BCUT2D eigenvalue weighted by Gasteiger charge is -2.13. The first-order valence-corrected chi connectivity index (χ1v) is 8.12. The first-order valence-electron chi connectivity index (χ1n) is 7.71. The number of thiocarbonyl (C=S) groups is 1. The molecule has 0 saturated heterocycles. The van der Waals surface area contributed by atoms with Gasteiger partial charge in [0.25, 0.3) is 0 Å². The Morgan fingerprint density at radius 3 is 2.38 bits per heavy atom. The molecule has 0 radical (unpaired) electrons. The van der Waals surface area contributed by atoms with Crippen molar-refractivity contribution < 1.29 is 0 Å². The van der Waals surface area contributed by atoms with Gasteiger partial charge in [-0.05, 0) is 77.1 Å². The van der Waals surface area contributed by atoms with E-state index in [1.165, 1.54) is 16.7 Å². The highest BCUT2D eigenvalue weighted by Crippen LogP contribution is 2.12. The first kappa shape index (κ1) is 17.9. The summed E-state index contributed by atoms with van der Waals surface area (Å²) in [6.07, 6.45) is 3.31. The topological polar surface area (TPSA) is 27.3 Å². The lowest BCUT2D eigenvalue weighted by Crippen LogP contribution is -2.37. The summed E-state index contributed by atoms with van der Waals surface area (Å²) in [7, 11) is 4.17. The van der Waals surface area contributed by atoms with Gasteiger partial charge in [-0.2, -0.15) is 0 Å². The Balaban J connectivity index is 2.12. The zero-order chi connectivity index (χ0) is 15.7. The molecule has 2 N–H and O–H groups in total. The summed E-state index contributed by atoms with van der Waals surface area (Å²) in [4.78, 5) is 2.18. The lowest BCUT2D eigenvalue weighted by atomic mass is 10.0. The molecule has 0 aliphatic rings. The van der Waals surface area contributed by atoms with Gasteiger partial charge in [-0.25, -0.2) is 0 Å². The number of benzene rings is 1. The quantitative estimate of drug-likeness (QED) is 0.570. The summed E-state index contributed by atoms with van der Waals surface area (Å²) in [5, 5.41) is 7.30. The molecule has 0 aliphatic heterocycles. The van der Waals surface area contributed by atoms with Crippen molar-refractivity contribution in [3.63, 3.8) is 0 Å². The van der Waals surface area contributed by atoms with Gasteiger partial charge in [0.15, 0.2) is 5.11 Å². The van der Waals surface area contributed by atoms with Crippen LogP contribution in [0.15, 0.2) is 18.2 Å². The normalized spacial score (nSPS) is 10.7. The van der Waals surface area contributed by atoms with Crippen LogP contribution in [0.3, 0.4) is 0 Å². The zero-order valence-electron chi connectivity index (χ0n) is 13.8. The van der Waals surface area contributed by atoms with Crippen molar-refractivity contribution in [2.45, 2.75) is 33.1 Å². The Morgan fingerprint density at radius 2 is 1.76 bits per heavy atom. The minimum Gasteiger partial charge on any atom is -0.363 e. The second kappa shape index (κ2) is 9.74. The van der Waals surface area contributed by atoms with Gasteiger partial charge in [-0.1, -0.05) is 23.8 Å². The van der Waals surface area contributed by atoms with Crippen LogP contribution < -0.4 is 10.6 Å². The highest BCUT2D eigenvalue weighted by molar-refractivity contribution is 7.80. The maximum atomic E-state index is 5.27. The van der Waals surface area contributed by atoms with E-state index in [0.717, 1.165) is 44.0 Å². The van der Waals surface area contributed by atoms with Gasteiger partial charge in [0, 0.05) is 13.1 Å². The molecule has 1 aromatic rings. The molecule has 118 valence electrons. The van der Waals surface area contributed by atoms with Gasteiger partial charge in [0.05, 0.1) is 0 Å². The third-order valence-corrected chi connectivity index (χ3v) is 3.76. The highest BCUT2D eigenvalue weighted by Gasteiger charge is 2.00. The number of hydrogen-bond donors (Lipinski definition) is 2. The average molecular weight is 308 g/mol. The van der Waals surface area contributed by atoms with E-state index < -0.39 is 0 Å². The fourth-order valence-corrected chi connectivity index (χ4v) is 2.47. The number of aryl methyl sites for hydroxylation is 3. The van der Waals surface area contributed by atoms with Crippen LogP contribution in [0.5, 0.6) is 0 Å². The van der Waals surface area contributed by atoms with Crippen LogP contribution in [-0.4, -0.2) is 43.7 Å². The number of hydrogen-bond acceptors (Lipinski definition) is 2. The molecule has 0 unspecified atom stereocenters.